The van der Waals surface area contributed by atoms with Gasteiger partial charge in [-0.3, -0.25) is 28.5 Å². The summed E-state index contributed by atoms with van der Waals surface area (Å²) >= 11 is 0. The third-order valence-electron chi connectivity index (χ3n) is 23.0. The Kier molecular flexibility index (Phi) is 34.9. The van der Waals surface area contributed by atoms with E-state index in [2.05, 4.69) is 211 Å². The lowest BCUT2D eigenvalue weighted by Gasteiger charge is -2.28. The van der Waals surface area contributed by atoms with E-state index in [9.17, 15) is 19.2 Å². The van der Waals surface area contributed by atoms with Crippen LogP contribution in [0.3, 0.4) is 0 Å². The summed E-state index contributed by atoms with van der Waals surface area (Å²) in [6.07, 6.45) is 12.9. The van der Waals surface area contributed by atoms with E-state index in [0.29, 0.717) is 37.8 Å². The van der Waals surface area contributed by atoms with Crippen LogP contribution in [0.5, 0.6) is 0 Å². The molecule has 0 radical (unpaired) electrons. The van der Waals surface area contributed by atoms with Crippen molar-refractivity contribution >= 4 is 58.0 Å². The van der Waals surface area contributed by atoms with E-state index in [-0.39, 0.29) is 35.5 Å². The highest BCUT2D eigenvalue weighted by Crippen LogP contribution is 2.29. The Morgan fingerprint density at radius 2 is 0.623 bits per heavy atom. The second-order valence-electron chi connectivity index (χ2n) is 33.1. The summed E-state index contributed by atoms with van der Waals surface area (Å²) in [6, 6.07) is 95.0. The van der Waals surface area contributed by atoms with E-state index in [1.807, 2.05) is 245 Å². The number of benzene rings is 10. The van der Waals surface area contributed by atoms with Gasteiger partial charge in [0.1, 0.15) is 35.8 Å². The topological polar surface area (TPSA) is 251 Å². The first-order chi connectivity index (χ1) is 63.4. The summed E-state index contributed by atoms with van der Waals surface area (Å²) < 4.78 is 14.4. The van der Waals surface area contributed by atoms with Gasteiger partial charge in [-0.1, -0.05) is 279 Å². The standard InChI is InChI=1S/2C28H30N4O.2C26H30N4O2/c2*1-20-9-11-22(12-10-20)21(2)17-29-27(24-7-5-4-6-8-24)28(33)31-26-15-13-23(14-16-26)25-18-30-32(3)19-25;2*1-20-7-9-21(10-8-20)13-14-27-25(22-5-3-2-4-6-22)26(31)29-24-12-11-23(19-28-24)30-15-17-32-18-16-30/h2*4-16,18-19,21,27,29H,17H2,1-3H3,(H,31,33);2*2-12,19,25,27H,13-18H2,1H3,(H,28,29,31)/t2*21-,27-;2*25-/m1010/s1. The lowest BCUT2D eigenvalue weighted by molar-refractivity contribution is -0.119. The van der Waals surface area contributed by atoms with Crippen molar-refractivity contribution in [3.63, 3.8) is 0 Å². The minimum atomic E-state index is -0.456. The number of carbonyl (C=O) groups is 4. The summed E-state index contributed by atoms with van der Waals surface area (Å²) in [5.74, 6) is 1.27. The van der Waals surface area contributed by atoms with Crippen LogP contribution in [0.2, 0.25) is 0 Å². The lowest BCUT2D eigenvalue weighted by atomic mass is 9.98. The highest BCUT2D eigenvalue weighted by atomic mass is 16.5. The molecule has 22 heteroatoms. The molecular weight excluding hydrogens is 1620 g/mol. The number of nitrogens with one attached hydrogen (secondary N) is 8. The predicted octanol–water partition coefficient (Wildman–Crippen LogP) is 18.4. The number of pyridine rings is 2. The first-order valence-corrected chi connectivity index (χ1v) is 44.7. The van der Waals surface area contributed by atoms with Crippen molar-refractivity contribution < 1.29 is 28.7 Å². The number of aryl methyl sites for hydroxylation is 6. The monoisotopic (exact) mass is 1740 g/mol. The van der Waals surface area contributed by atoms with E-state index in [1.165, 1.54) is 44.5 Å². The van der Waals surface area contributed by atoms with Crippen LogP contribution in [-0.2, 0) is 55.6 Å². The largest absolute Gasteiger partial charge is 0.378 e. The summed E-state index contributed by atoms with van der Waals surface area (Å²) in [7, 11) is 3.79. The molecule has 14 aromatic rings. The number of hydrogen-bond acceptors (Lipinski definition) is 16. The van der Waals surface area contributed by atoms with E-state index < -0.39 is 24.2 Å². The normalized spacial score (nSPS) is 13.8. The smallest absolute Gasteiger partial charge is 0.247 e. The molecule has 4 amide bonds. The van der Waals surface area contributed by atoms with Gasteiger partial charge in [-0.15, -0.1) is 0 Å². The van der Waals surface area contributed by atoms with Crippen molar-refractivity contribution in [1.82, 2.24) is 50.8 Å². The predicted molar refractivity (Wildman–Crippen MR) is 524 cm³/mol. The number of anilines is 6. The van der Waals surface area contributed by atoms with Gasteiger partial charge in [-0.2, -0.15) is 10.2 Å². The number of hydrogen-bond donors (Lipinski definition) is 8. The minimum absolute atomic E-state index is 0.0774. The molecule has 0 aliphatic carbocycles. The SMILES string of the molecule is Cc1ccc(CCN[C@@H](C(=O)Nc2ccc(N3CCOCC3)cn2)c2ccccc2)cc1.Cc1ccc(CCN[C@H](C(=O)Nc2ccc(N3CCOCC3)cn2)c2ccccc2)cc1.Cc1ccc([C@@H](C)CN[C@H](C(=O)Nc2ccc(-c3cnn(C)c3)cc2)c2ccccc2)cc1.Cc1ccc([C@H](C)CN[C@@H](C(=O)Nc2ccc(-c3cnn(C)c3)cc2)c2ccccc2)cc1. The molecule has 2 saturated heterocycles. The Hall–Kier alpha value is -13.8. The van der Waals surface area contributed by atoms with Crippen LogP contribution in [-0.4, -0.2) is 132 Å². The number of nitrogens with zero attached hydrogens (tertiary/aromatic N) is 8. The molecule has 0 saturated carbocycles. The van der Waals surface area contributed by atoms with Crippen LogP contribution < -0.4 is 52.3 Å². The third kappa shape index (κ3) is 28.6. The molecule has 0 unspecified atom stereocenters. The molecule has 16 rings (SSSR count). The Morgan fingerprint density at radius 1 is 0.323 bits per heavy atom. The van der Waals surface area contributed by atoms with Crippen molar-refractivity contribution in [2.45, 2.75) is 90.4 Å². The van der Waals surface area contributed by atoms with E-state index >= 15 is 0 Å². The number of carbonyl (C=O) groups excluding carboxylic acids is 4. The average Bonchev–Trinajstić information content (AvgIpc) is 1.61. The van der Waals surface area contributed by atoms with Crippen molar-refractivity contribution in [1.29, 1.82) is 0 Å². The summed E-state index contributed by atoms with van der Waals surface area (Å²) in [6.45, 7) is 21.8. The highest BCUT2D eigenvalue weighted by molar-refractivity contribution is 5.98. The second kappa shape index (κ2) is 48.4. The van der Waals surface area contributed by atoms with Crippen LogP contribution in [0.4, 0.5) is 34.4 Å². The van der Waals surface area contributed by atoms with Gasteiger partial charge < -0.3 is 61.8 Å². The molecule has 668 valence electrons. The van der Waals surface area contributed by atoms with Crippen molar-refractivity contribution in [3.8, 4) is 22.3 Å². The molecule has 2 aliphatic heterocycles. The molecule has 4 aromatic heterocycles. The Bertz CT molecular complexity index is 5410. The number of rotatable bonds is 32. The van der Waals surface area contributed by atoms with Crippen molar-refractivity contribution in [2.24, 2.45) is 14.1 Å². The van der Waals surface area contributed by atoms with Crippen LogP contribution in [0.25, 0.3) is 22.3 Å². The molecule has 0 bridgehead atoms. The first kappa shape index (κ1) is 93.8. The van der Waals surface area contributed by atoms with Crippen molar-refractivity contribution in [3.05, 3.63) is 395 Å². The maximum Gasteiger partial charge on any atom is 0.247 e. The fraction of sp³-hybridized carbons (Fsp3) is 0.259. The molecule has 22 nitrogen and oxygen atoms in total. The molecule has 0 spiro atoms. The van der Waals surface area contributed by atoms with E-state index in [0.717, 1.165) is 133 Å². The zero-order valence-electron chi connectivity index (χ0n) is 75.6. The molecule has 2 fully saturated rings. The van der Waals surface area contributed by atoms with E-state index in [1.54, 1.807) is 9.36 Å². The maximum atomic E-state index is 13.3. The zero-order valence-corrected chi connectivity index (χ0v) is 75.6. The number of ether oxygens (including phenoxy) is 2. The van der Waals surface area contributed by atoms with Gasteiger partial charge in [0.25, 0.3) is 0 Å². The average molecular weight is 1740 g/mol. The summed E-state index contributed by atoms with van der Waals surface area (Å²) in [5.41, 5.74) is 21.6. The lowest BCUT2D eigenvalue weighted by Crippen LogP contribution is -2.36. The van der Waals surface area contributed by atoms with Gasteiger partial charge in [-0.05, 0) is 157 Å². The van der Waals surface area contributed by atoms with Gasteiger partial charge in [0.15, 0.2) is 0 Å². The van der Waals surface area contributed by atoms with Gasteiger partial charge in [0, 0.05) is 101 Å². The van der Waals surface area contributed by atoms with Crippen LogP contribution >= 0.6 is 0 Å². The van der Waals surface area contributed by atoms with Gasteiger partial charge >= 0.3 is 0 Å². The molecular formula is C108H120N16O6. The molecule has 130 heavy (non-hydrogen) atoms. The second-order valence-corrected chi connectivity index (χ2v) is 33.1. The maximum absolute atomic E-state index is 13.3. The summed E-state index contributed by atoms with van der Waals surface area (Å²) in [5, 5.41) is 34.3. The summed E-state index contributed by atoms with van der Waals surface area (Å²) in [4.78, 5) is 66.3. The molecule has 6 heterocycles. The molecule has 6 atom stereocenters. The Balaban J connectivity index is 0.000000148. The zero-order chi connectivity index (χ0) is 90.8. The third-order valence-corrected chi connectivity index (χ3v) is 23.0. The Labute approximate surface area is 764 Å². The van der Waals surface area contributed by atoms with Crippen LogP contribution in [0, 0.1) is 27.7 Å². The number of aromatic nitrogens is 6. The van der Waals surface area contributed by atoms with E-state index in [4.69, 9.17) is 9.47 Å². The molecule has 2 aliphatic rings. The fourth-order valence-electron chi connectivity index (χ4n) is 15.3. The fourth-order valence-corrected chi connectivity index (χ4v) is 15.3. The quantitative estimate of drug-likeness (QED) is 0.0195. The van der Waals surface area contributed by atoms with Crippen LogP contribution in [0.15, 0.2) is 328 Å². The molecule has 8 N–H and O–H groups in total. The minimum Gasteiger partial charge on any atom is -0.378 e. The van der Waals surface area contributed by atoms with Crippen LogP contribution in [0.1, 0.15) is 117 Å². The van der Waals surface area contributed by atoms with Crippen molar-refractivity contribution in [2.75, 3.05) is 110 Å². The van der Waals surface area contributed by atoms with Gasteiger partial charge in [0.2, 0.25) is 23.6 Å². The number of morpholine rings is 2. The van der Waals surface area contributed by atoms with Gasteiger partial charge in [-0.25, -0.2) is 9.97 Å². The Morgan fingerprint density at radius 3 is 0.915 bits per heavy atom. The highest BCUT2D eigenvalue weighted by Gasteiger charge is 2.27. The first-order valence-electron chi connectivity index (χ1n) is 44.7. The van der Waals surface area contributed by atoms with Gasteiger partial charge in [0.05, 0.1) is 62.6 Å². The number of amides is 4. The molecule has 10 aromatic carbocycles.